The van der Waals surface area contributed by atoms with E-state index < -0.39 is 6.10 Å². The lowest BCUT2D eigenvalue weighted by molar-refractivity contribution is -0.122. The van der Waals surface area contributed by atoms with Crippen LogP contribution in [0.25, 0.3) is 0 Å². The van der Waals surface area contributed by atoms with Gasteiger partial charge in [-0.3, -0.25) is 4.79 Å². The van der Waals surface area contributed by atoms with E-state index in [1.165, 1.54) is 0 Å². The van der Waals surface area contributed by atoms with E-state index in [0.717, 1.165) is 16.7 Å². The first kappa shape index (κ1) is 17.6. The Morgan fingerprint density at radius 1 is 1.17 bits per heavy atom. The van der Waals surface area contributed by atoms with Crippen molar-refractivity contribution < 1.29 is 9.53 Å². The number of halogens is 2. The molecule has 3 nitrogen and oxygen atoms in total. The Hall–Kier alpha value is -1.71. The topological polar surface area (TPSA) is 38.3 Å². The van der Waals surface area contributed by atoms with Gasteiger partial charge in [0.05, 0.1) is 15.7 Å². The molecule has 0 spiro atoms. The SMILES string of the molecule is Cc1cc(C)c(C)c(O[C@H](C)C(=O)Nc2cccc(Cl)c2Cl)c1. The molecule has 0 aliphatic rings. The highest BCUT2D eigenvalue weighted by atomic mass is 35.5. The highest BCUT2D eigenvalue weighted by Gasteiger charge is 2.18. The maximum Gasteiger partial charge on any atom is 0.265 e. The fourth-order valence-electron chi connectivity index (χ4n) is 2.20. The lowest BCUT2D eigenvalue weighted by Gasteiger charge is -2.18. The van der Waals surface area contributed by atoms with Crippen LogP contribution in [0.4, 0.5) is 5.69 Å². The van der Waals surface area contributed by atoms with E-state index in [9.17, 15) is 4.79 Å². The molecule has 0 aliphatic heterocycles. The van der Waals surface area contributed by atoms with Gasteiger partial charge in [-0.15, -0.1) is 0 Å². The van der Waals surface area contributed by atoms with Gasteiger partial charge in [0, 0.05) is 0 Å². The highest BCUT2D eigenvalue weighted by Crippen LogP contribution is 2.30. The Balaban J connectivity index is 2.13. The molecule has 2 rings (SSSR count). The summed E-state index contributed by atoms with van der Waals surface area (Å²) in [6.45, 7) is 7.69. The van der Waals surface area contributed by atoms with Crippen LogP contribution in [-0.2, 0) is 4.79 Å². The van der Waals surface area contributed by atoms with Crippen molar-refractivity contribution >= 4 is 34.8 Å². The number of amides is 1. The number of anilines is 1. The standard InChI is InChI=1S/C18H19Cl2NO2/c1-10-8-11(2)12(3)16(9-10)23-13(4)18(22)21-15-7-5-6-14(19)17(15)20/h5-9,13H,1-4H3,(H,21,22)/t13-/m1/s1. The summed E-state index contributed by atoms with van der Waals surface area (Å²) in [5, 5.41) is 3.45. The van der Waals surface area contributed by atoms with Crippen LogP contribution in [-0.4, -0.2) is 12.0 Å². The van der Waals surface area contributed by atoms with Crippen LogP contribution in [0.1, 0.15) is 23.6 Å². The molecule has 0 radical (unpaired) electrons. The second kappa shape index (κ2) is 7.24. The number of hydrogen-bond acceptors (Lipinski definition) is 2. The molecule has 1 atom stereocenters. The molecule has 2 aromatic rings. The minimum Gasteiger partial charge on any atom is -0.481 e. The van der Waals surface area contributed by atoms with Crippen molar-refractivity contribution in [3.8, 4) is 5.75 Å². The Kier molecular flexibility index (Phi) is 5.55. The summed E-state index contributed by atoms with van der Waals surface area (Å²) in [5.74, 6) is 0.426. The summed E-state index contributed by atoms with van der Waals surface area (Å²) in [6, 6.07) is 9.10. The molecular weight excluding hydrogens is 333 g/mol. The van der Waals surface area contributed by atoms with Gasteiger partial charge in [0.15, 0.2) is 6.10 Å². The minimum atomic E-state index is -0.662. The van der Waals surface area contributed by atoms with Crippen molar-refractivity contribution in [2.45, 2.75) is 33.8 Å². The number of ether oxygens (including phenoxy) is 1. The Labute approximate surface area is 146 Å². The van der Waals surface area contributed by atoms with Crippen molar-refractivity contribution in [1.82, 2.24) is 0 Å². The number of carbonyl (C=O) groups excluding carboxylic acids is 1. The Bertz CT molecular complexity index is 744. The smallest absolute Gasteiger partial charge is 0.265 e. The summed E-state index contributed by atoms with van der Waals surface area (Å²) in [7, 11) is 0. The molecule has 0 heterocycles. The molecule has 5 heteroatoms. The van der Waals surface area contributed by atoms with Crippen LogP contribution in [0.5, 0.6) is 5.75 Å². The molecule has 0 aromatic heterocycles. The van der Waals surface area contributed by atoms with Crippen LogP contribution in [0.2, 0.25) is 10.0 Å². The average molecular weight is 352 g/mol. The molecular formula is C18H19Cl2NO2. The number of rotatable bonds is 4. The van der Waals surface area contributed by atoms with Gasteiger partial charge in [-0.05, 0) is 62.6 Å². The van der Waals surface area contributed by atoms with Crippen LogP contribution >= 0.6 is 23.2 Å². The quantitative estimate of drug-likeness (QED) is 0.808. The van der Waals surface area contributed by atoms with E-state index in [4.69, 9.17) is 27.9 Å². The largest absolute Gasteiger partial charge is 0.481 e. The summed E-state index contributed by atoms with van der Waals surface area (Å²) >= 11 is 12.0. The number of hydrogen-bond donors (Lipinski definition) is 1. The third-order valence-corrected chi connectivity index (χ3v) is 4.47. The molecule has 122 valence electrons. The fourth-order valence-corrected chi connectivity index (χ4v) is 2.55. The Morgan fingerprint density at radius 2 is 1.87 bits per heavy atom. The fraction of sp³-hybridized carbons (Fsp3) is 0.278. The molecule has 1 amide bonds. The van der Waals surface area contributed by atoms with Gasteiger partial charge in [0.1, 0.15) is 5.75 Å². The molecule has 23 heavy (non-hydrogen) atoms. The zero-order valence-electron chi connectivity index (χ0n) is 13.5. The van der Waals surface area contributed by atoms with Crippen molar-refractivity contribution in [3.05, 3.63) is 57.1 Å². The zero-order chi connectivity index (χ0) is 17.1. The molecule has 0 unspecified atom stereocenters. The lowest BCUT2D eigenvalue weighted by atomic mass is 10.1. The lowest BCUT2D eigenvalue weighted by Crippen LogP contribution is -2.30. The molecule has 0 bridgehead atoms. The monoisotopic (exact) mass is 351 g/mol. The van der Waals surface area contributed by atoms with E-state index in [2.05, 4.69) is 11.4 Å². The maximum absolute atomic E-state index is 12.3. The van der Waals surface area contributed by atoms with Gasteiger partial charge in [-0.2, -0.15) is 0 Å². The van der Waals surface area contributed by atoms with Gasteiger partial charge >= 0.3 is 0 Å². The second-order valence-corrected chi connectivity index (χ2v) is 6.34. The van der Waals surface area contributed by atoms with Crippen molar-refractivity contribution in [1.29, 1.82) is 0 Å². The maximum atomic E-state index is 12.3. The third-order valence-electron chi connectivity index (χ3n) is 3.65. The van der Waals surface area contributed by atoms with Crippen LogP contribution < -0.4 is 10.1 Å². The predicted molar refractivity (Wildman–Crippen MR) is 95.8 cm³/mol. The van der Waals surface area contributed by atoms with Gasteiger partial charge in [0.25, 0.3) is 5.91 Å². The van der Waals surface area contributed by atoms with Gasteiger partial charge in [-0.25, -0.2) is 0 Å². The second-order valence-electron chi connectivity index (χ2n) is 5.56. The van der Waals surface area contributed by atoms with E-state index in [1.54, 1.807) is 25.1 Å². The van der Waals surface area contributed by atoms with Crippen molar-refractivity contribution in [3.63, 3.8) is 0 Å². The predicted octanol–water partition coefficient (Wildman–Crippen LogP) is 5.32. The highest BCUT2D eigenvalue weighted by molar-refractivity contribution is 6.44. The third kappa shape index (κ3) is 4.18. The number of carbonyl (C=O) groups is 1. The van der Waals surface area contributed by atoms with Crippen LogP contribution in [0.15, 0.2) is 30.3 Å². The molecule has 0 aliphatic carbocycles. The molecule has 1 N–H and O–H groups in total. The van der Waals surface area contributed by atoms with E-state index >= 15 is 0 Å². The van der Waals surface area contributed by atoms with Crippen molar-refractivity contribution in [2.75, 3.05) is 5.32 Å². The first-order valence-electron chi connectivity index (χ1n) is 7.29. The average Bonchev–Trinajstić information content (AvgIpc) is 2.48. The Morgan fingerprint density at radius 3 is 2.57 bits per heavy atom. The summed E-state index contributed by atoms with van der Waals surface area (Å²) in [6.07, 6.45) is -0.662. The summed E-state index contributed by atoms with van der Waals surface area (Å²) in [5.41, 5.74) is 3.71. The van der Waals surface area contributed by atoms with Crippen molar-refractivity contribution in [2.24, 2.45) is 0 Å². The summed E-state index contributed by atoms with van der Waals surface area (Å²) < 4.78 is 5.82. The van der Waals surface area contributed by atoms with E-state index in [-0.39, 0.29) is 5.91 Å². The van der Waals surface area contributed by atoms with Crippen LogP contribution in [0, 0.1) is 20.8 Å². The summed E-state index contributed by atoms with van der Waals surface area (Å²) in [4.78, 5) is 12.3. The number of aryl methyl sites for hydroxylation is 2. The number of nitrogens with one attached hydrogen (secondary N) is 1. The molecule has 2 aromatic carbocycles. The van der Waals surface area contributed by atoms with Gasteiger partial charge < -0.3 is 10.1 Å². The van der Waals surface area contributed by atoms with Crippen LogP contribution in [0.3, 0.4) is 0 Å². The minimum absolute atomic E-state index is 0.285. The first-order chi connectivity index (χ1) is 10.8. The molecule has 0 saturated carbocycles. The van der Waals surface area contributed by atoms with E-state index in [0.29, 0.717) is 21.5 Å². The normalized spacial score (nSPS) is 11.9. The zero-order valence-corrected chi connectivity index (χ0v) is 15.0. The molecule has 0 saturated heterocycles. The first-order valence-corrected chi connectivity index (χ1v) is 8.04. The molecule has 0 fully saturated rings. The van der Waals surface area contributed by atoms with E-state index in [1.807, 2.05) is 26.8 Å². The van der Waals surface area contributed by atoms with Gasteiger partial charge in [-0.1, -0.05) is 35.3 Å². The number of benzene rings is 2. The van der Waals surface area contributed by atoms with Gasteiger partial charge in [0.2, 0.25) is 0 Å².